The SMILES string of the molecule is COc1cc2c(cc1Nc1nnc(C(N)=O)c(Nc3ccccc3C#N)n1)CN(C)CC2. The summed E-state index contributed by atoms with van der Waals surface area (Å²) in [7, 11) is 3.68. The first-order chi connectivity index (χ1) is 15.5. The molecule has 1 aliphatic heterocycles. The molecule has 0 atom stereocenters. The summed E-state index contributed by atoms with van der Waals surface area (Å²) in [5, 5.41) is 23.4. The third-order valence-electron chi connectivity index (χ3n) is 5.19. The highest BCUT2D eigenvalue weighted by Gasteiger charge is 2.19. The van der Waals surface area contributed by atoms with Crippen molar-refractivity contribution in [3.05, 3.63) is 58.8 Å². The highest BCUT2D eigenvalue weighted by molar-refractivity contribution is 5.96. The van der Waals surface area contributed by atoms with E-state index >= 15 is 0 Å². The number of carbonyl (C=O) groups excluding carboxylic acids is 1. The Morgan fingerprint density at radius 1 is 1.19 bits per heavy atom. The van der Waals surface area contributed by atoms with E-state index in [2.05, 4.69) is 43.8 Å². The van der Waals surface area contributed by atoms with Crippen LogP contribution in [-0.2, 0) is 13.0 Å². The Bertz CT molecular complexity index is 1220. The number of methoxy groups -OCH3 is 1. The summed E-state index contributed by atoms with van der Waals surface area (Å²) in [6.07, 6.45) is 0.945. The molecule has 0 bridgehead atoms. The van der Waals surface area contributed by atoms with Crippen LogP contribution in [0.5, 0.6) is 5.75 Å². The van der Waals surface area contributed by atoms with Crippen LogP contribution in [-0.4, -0.2) is 46.7 Å². The fraction of sp³-hybridized carbons (Fsp3) is 0.227. The van der Waals surface area contributed by atoms with E-state index in [1.807, 2.05) is 12.1 Å². The van der Waals surface area contributed by atoms with Crippen LogP contribution in [0.3, 0.4) is 0 Å². The first-order valence-corrected chi connectivity index (χ1v) is 9.94. The first-order valence-electron chi connectivity index (χ1n) is 9.94. The smallest absolute Gasteiger partial charge is 0.273 e. The summed E-state index contributed by atoms with van der Waals surface area (Å²) >= 11 is 0. The number of benzene rings is 2. The summed E-state index contributed by atoms with van der Waals surface area (Å²) < 4.78 is 5.55. The van der Waals surface area contributed by atoms with Crippen LogP contribution in [0.2, 0.25) is 0 Å². The maximum atomic E-state index is 11.9. The number of nitrogens with two attached hydrogens (primary N) is 1. The predicted octanol–water partition coefficient (Wildman–Crippen LogP) is 2.33. The predicted molar refractivity (Wildman–Crippen MR) is 119 cm³/mol. The molecule has 3 aromatic rings. The molecule has 4 rings (SSSR count). The molecule has 2 heterocycles. The lowest BCUT2D eigenvalue weighted by atomic mass is 9.99. The molecule has 10 heteroatoms. The Hall–Kier alpha value is -4.23. The van der Waals surface area contributed by atoms with Gasteiger partial charge in [-0.3, -0.25) is 4.79 Å². The van der Waals surface area contributed by atoms with Crippen LogP contribution in [0.4, 0.5) is 23.1 Å². The van der Waals surface area contributed by atoms with Gasteiger partial charge in [0.15, 0.2) is 11.5 Å². The van der Waals surface area contributed by atoms with Crippen LogP contribution >= 0.6 is 0 Å². The van der Waals surface area contributed by atoms with Gasteiger partial charge < -0.3 is 26.0 Å². The average molecular weight is 430 g/mol. The quantitative estimate of drug-likeness (QED) is 0.537. The number of nitrogens with one attached hydrogen (secondary N) is 2. The fourth-order valence-electron chi connectivity index (χ4n) is 3.56. The standard InChI is InChI=1S/C22H22N8O2/c1-30-8-7-13-10-18(32-2)17(9-15(13)12-30)26-22-27-21(19(20(24)31)28-29-22)25-16-6-4-3-5-14(16)11-23/h3-6,9-10H,7-8,12H2,1-2H3,(H2,24,31)(H2,25,26,27,29). The van der Waals surface area contributed by atoms with E-state index in [-0.39, 0.29) is 17.5 Å². The number of anilines is 4. The molecule has 0 saturated heterocycles. The third-order valence-corrected chi connectivity index (χ3v) is 5.19. The van der Waals surface area contributed by atoms with Crippen molar-refractivity contribution in [3.63, 3.8) is 0 Å². The molecule has 0 aliphatic carbocycles. The van der Waals surface area contributed by atoms with Crippen LogP contribution in [0.25, 0.3) is 0 Å². The fourth-order valence-corrected chi connectivity index (χ4v) is 3.56. The Morgan fingerprint density at radius 2 is 2.00 bits per heavy atom. The lowest BCUT2D eigenvalue weighted by Crippen LogP contribution is -2.26. The summed E-state index contributed by atoms with van der Waals surface area (Å²) in [4.78, 5) is 18.5. The largest absolute Gasteiger partial charge is 0.495 e. The van der Waals surface area contributed by atoms with E-state index in [9.17, 15) is 10.1 Å². The second-order valence-corrected chi connectivity index (χ2v) is 7.41. The van der Waals surface area contributed by atoms with Crippen molar-refractivity contribution in [2.75, 3.05) is 31.3 Å². The van der Waals surface area contributed by atoms with Gasteiger partial charge in [-0.05, 0) is 48.9 Å². The number of hydrogen-bond donors (Lipinski definition) is 3. The van der Waals surface area contributed by atoms with Gasteiger partial charge >= 0.3 is 0 Å². The van der Waals surface area contributed by atoms with Crippen molar-refractivity contribution < 1.29 is 9.53 Å². The number of hydrogen-bond acceptors (Lipinski definition) is 9. The molecular formula is C22H22N8O2. The minimum absolute atomic E-state index is 0.0920. The number of carbonyl (C=O) groups is 1. The van der Waals surface area contributed by atoms with Crippen LogP contribution < -0.4 is 21.1 Å². The zero-order valence-corrected chi connectivity index (χ0v) is 17.7. The summed E-state index contributed by atoms with van der Waals surface area (Å²) in [6.45, 7) is 1.81. The Morgan fingerprint density at radius 3 is 2.75 bits per heavy atom. The van der Waals surface area contributed by atoms with Crippen molar-refractivity contribution in [2.24, 2.45) is 5.73 Å². The van der Waals surface area contributed by atoms with E-state index < -0.39 is 5.91 Å². The van der Waals surface area contributed by atoms with Gasteiger partial charge in [0, 0.05) is 13.1 Å². The van der Waals surface area contributed by atoms with Crippen molar-refractivity contribution in [1.82, 2.24) is 20.1 Å². The number of primary amides is 1. The number of likely N-dealkylation sites (N-methyl/N-ethyl adjacent to an activating group) is 1. The van der Waals surface area contributed by atoms with Gasteiger partial charge in [0.05, 0.1) is 24.0 Å². The number of fused-ring (bicyclic) bond motifs is 1. The van der Waals surface area contributed by atoms with Crippen LogP contribution in [0.1, 0.15) is 27.2 Å². The molecule has 4 N–H and O–H groups in total. The molecule has 0 fully saturated rings. The van der Waals surface area contributed by atoms with Crippen molar-refractivity contribution in [2.45, 2.75) is 13.0 Å². The van der Waals surface area contributed by atoms with Crippen LogP contribution in [0.15, 0.2) is 36.4 Å². The van der Waals surface area contributed by atoms with Crippen molar-refractivity contribution >= 4 is 29.0 Å². The third kappa shape index (κ3) is 4.28. The second-order valence-electron chi connectivity index (χ2n) is 7.41. The average Bonchev–Trinajstić information content (AvgIpc) is 2.79. The Balaban J connectivity index is 1.69. The zero-order valence-electron chi connectivity index (χ0n) is 17.7. The molecule has 0 radical (unpaired) electrons. The number of aromatic nitrogens is 3. The molecule has 32 heavy (non-hydrogen) atoms. The molecule has 0 unspecified atom stereocenters. The van der Waals surface area contributed by atoms with Crippen molar-refractivity contribution in [1.29, 1.82) is 5.26 Å². The monoisotopic (exact) mass is 430 g/mol. The number of rotatable bonds is 6. The second kappa shape index (κ2) is 8.87. The molecular weight excluding hydrogens is 408 g/mol. The summed E-state index contributed by atoms with van der Waals surface area (Å²) in [5.41, 5.74) is 9.27. The van der Waals surface area contributed by atoms with Gasteiger partial charge in [-0.2, -0.15) is 10.2 Å². The maximum absolute atomic E-state index is 11.9. The molecule has 0 saturated carbocycles. The summed E-state index contributed by atoms with van der Waals surface area (Å²) in [5.74, 6) is 0.104. The topological polar surface area (TPSA) is 142 Å². The lowest BCUT2D eigenvalue weighted by Gasteiger charge is -2.26. The highest BCUT2D eigenvalue weighted by Crippen LogP contribution is 2.33. The zero-order chi connectivity index (χ0) is 22.7. The number of ether oxygens (including phenoxy) is 1. The molecule has 1 aliphatic rings. The van der Waals surface area contributed by atoms with Gasteiger partial charge in [-0.1, -0.05) is 12.1 Å². The number of nitrogens with zero attached hydrogens (tertiary/aromatic N) is 5. The van der Waals surface area contributed by atoms with Gasteiger partial charge in [-0.25, -0.2) is 0 Å². The minimum Gasteiger partial charge on any atom is -0.495 e. The van der Waals surface area contributed by atoms with Gasteiger partial charge in [0.2, 0.25) is 5.95 Å². The highest BCUT2D eigenvalue weighted by atomic mass is 16.5. The molecule has 1 aromatic heterocycles. The molecule has 162 valence electrons. The summed E-state index contributed by atoms with van der Waals surface area (Å²) in [6, 6.07) is 13.0. The van der Waals surface area contributed by atoms with Crippen molar-refractivity contribution in [3.8, 4) is 11.8 Å². The molecule has 1 amide bonds. The van der Waals surface area contributed by atoms with E-state index in [1.165, 1.54) is 11.1 Å². The molecule has 10 nitrogen and oxygen atoms in total. The number of amides is 1. The van der Waals surface area contributed by atoms with Gasteiger partial charge in [-0.15, -0.1) is 10.2 Å². The maximum Gasteiger partial charge on any atom is 0.273 e. The normalized spacial score (nSPS) is 13.0. The molecule has 0 spiro atoms. The lowest BCUT2D eigenvalue weighted by molar-refractivity contribution is 0.0995. The molecule has 2 aromatic carbocycles. The minimum atomic E-state index is -0.789. The first kappa shape index (κ1) is 21.0. The van der Waals surface area contributed by atoms with Gasteiger partial charge in [0.25, 0.3) is 5.91 Å². The Kier molecular flexibility index (Phi) is 5.83. The van der Waals surface area contributed by atoms with Gasteiger partial charge in [0.1, 0.15) is 11.8 Å². The van der Waals surface area contributed by atoms with E-state index in [4.69, 9.17) is 10.5 Å². The van der Waals surface area contributed by atoms with E-state index in [0.717, 1.165) is 19.5 Å². The number of para-hydroxylation sites is 1. The van der Waals surface area contributed by atoms with E-state index in [1.54, 1.807) is 31.4 Å². The Labute approximate surface area is 185 Å². The van der Waals surface area contributed by atoms with Crippen LogP contribution in [0, 0.1) is 11.3 Å². The number of nitriles is 1. The van der Waals surface area contributed by atoms with E-state index in [0.29, 0.717) is 22.7 Å².